The molecule has 432 valence electrons. The van der Waals surface area contributed by atoms with Gasteiger partial charge in [-0.25, -0.2) is 4.79 Å². The summed E-state index contributed by atoms with van der Waals surface area (Å²) in [5.74, 6) is -16.7. The highest BCUT2D eigenvalue weighted by Gasteiger charge is 2.40. The Balaban J connectivity index is 3.08. The predicted molar refractivity (Wildman–Crippen MR) is 271 cm³/mol. The van der Waals surface area contributed by atoms with E-state index < -0.39 is 201 Å². The van der Waals surface area contributed by atoms with Crippen molar-refractivity contribution in [1.82, 2.24) is 52.8 Å². The predicted octanol–water partition coefficient (Wildman–Crippen LogP) is -8.46. The van der Waals surface area contributed by atoms with Crippen LogP contribution in [-0.2, 0) is 67.1 Å². The van der Waals surface area contributed by atoms with E-state index in [1.54, 1.807) is 0 Å². The van der Waals surface area contributed by atoms with Crippen molar-refractivity contribution in [2.24, 2.45) is 22.2 Å². The first-order valence-corrected chi connectivity index (χ1v) is 24.9. The van der Waals surface area contributed by atoms with E-state index in [-0.39, 0.29) is 44.1 Å². The number of hydrogen-bond acceptors (Lipinski definition) is 19. The van der Waals surface area contributed by atoms with Crippen molar-refractivity contribution in [1.29, 1.82) is 0 Å². The number of rotatable bonds is 36. The minimum atomic E-state index is -1.83. The lowest BCUT2D eigenvalue weighted by molar-refractivity contribution is -0.143. The maximum Gasteiger partial charge on any atom is 0.326 e. The van der Waals surface area contributed by atoms with Gasteiger partial charge in [0.1, 0.15) is 48.3 Å². The van der Waals surface area contributed by atoms with E-state index in [1.807, 2.05) is 0 Å². The molecule has 35 heteroatoms. The number of nitrogens with two attached hydrogens (primary N) is 3. The minimum Gasteiger partial charge on any atom is -0.481 e. The van der Waals surface area contributed by atoms with Crippen molar-refractivity contribution in [2.45, 2.75) is 126 Å². The summed E-state index contributed by atoms with van der Waals surface area (Å²) in [5, 5.41) is 68.0. The molecule has 0 spiro atoms. The third-order valence-electron chi connectivity index (χ3n) is 11.0. The summed E-state index contributed by atoms with van der Waals surface area (Å²) < 4.78 is 0. The second kappa shape index (κ2) is 34.9. The topological polar surface area (TPSA) is 542 Å². The summed E-state index contributed by atoms with van der Waals surface area (Å²) >= 11 is 8.10. The molecule has 9 atom stereocenters. The van der Waals surface area contributed by atoms with E-state index >= 15 is 0 Å². The standard InChI is InChI=1S/C42H68N14O19S2/c1-19(57)33(55-38(71)26-5-3-13-56(26)40(73)25(18-77)51-27(58)14-43)39(72)53-22(8-11-32(65)66)37(70)52-20(6-9-30(61)62)34(67)47-16-29(60)50-24(17-76)35(68)48-15-28(59)49-21(7-10-31(63)64)36(69)54-23(41(74)75)4-2-12-46-42(44)45/h19-26,33,57,76-77H,2-18,43H2,1H3,(H,47,67)(H,48,68)(H,49,59)(H,50,60)(H,51,58)(H,52,70)(H,53,72)(H,54,69)(H,55,71)(H,61,62)(H,63,64)(H,65,66)(H,74,75)(H4,44,45,46)/t19-,20+,21+,22+,23+,24+,25+,26+,33+/m1/s1. The first kappa shape index (κ1) is 67.5. The van der Waals surface area contributed by atoms with Gasteiger partial charge in [-0.15, -0.1) is 0 Å². The maximum absolute atomic E-state index is 13.7. The second-order valence-electron chi connectivity index (χ2n) is 17.0. The number of hydrogen-bond donors (Lipinski definition) is 19. The molecule has 0 aromatic heterocycles. The summed E-state index contributed by atoms with van der Waals surface area (Å²) in [6, 6.07) is -12.4. The van der Waals surface area contributed by atoms with Gasteiger partial charge in [0.25, 0.3) is 0 Å². The number of guanidine groups is 1. The third-order valence-corrected chi connectivity index (χ3v) is 11.7. The Morgan fingerprint density at radius 1 is 0.584 bits per heavy atom. The molecule has 10 amide bonds. The molecule has 33 nitrogen and oxygen atoms in total. The van der Waals surface area contributed by atoms with Crippen LogP contribution in [-0.4, -0.2) is 218 Å². The summed E-state index contributed by atoms with van der Waals surface area (Å²) in [7, 11) is 0. The Morgan fingerprint density at radius 3 is 1.48 bits per heavy atom. The molecule has 0 aromatic rings. The van der Waals surface area contributed by atoms with Crippen LogP contribution in [0.25, 0.3) is 0 Å². The Morgan fingerprint density at radius 2 is 1.03 bits per heavy atom. The number of nitrogens with zero attached hydrogens (tertiary/aromatic N) is 2. The van der Waals surface area contributed by atoms with Gasteiger partial charge in [0.2, 0.25) is 59.1 Å². The van der Waals surface area contributed by atoms with E-state index in [0.717, 1.165) is 11.8 Å². The van der Waals surface area contributed by atoms with Crippen LogP contribution in [0.2, 0.25) is 0 Å². The molecule has 0 radical (unpaired) electrons. The summed E-state index contributed by atoms with van der Waals surface area (Å²) in [6.07, 6.45) is -5.24. The molecule has 77 heavy (non-hydrogen) atoms. The molecule has 0 aliphatic carbocycles. The molecular weight excluding hydrogens is 1070 g/mol. The number of amides is 10. The second-order valence-corrected chi connectivity index (χ2v) is 17.8. The van der Waals surface area contributed by atoms with Crippen molar-refractivity contribution in [3.63, 3.8) is 0 Å². The van der Waals surface area contributed by atoms with Gasteiger partial charge in [-0.1, -0.05) is 0 Å². The van der Waals surface area contributed by atoms with Crippen LogP contribution in [0.15, 0.2) is 4.99 Å². The fourth-order valence-corrected chi connectivity index (χ4v) is 7.54. The number of likely N-dealkylation sites (tertiary alicyclic amines) is 1. The van der Waals surface area contributed by atoms with E-state index in [4.69, 9.17) is 22.3 Å². The van der Waals surface area contributed by atoms with Gasteiger partial charge in [-0.2, -0.15) is 25.3 Å². The first-order chi connectivity index (χ1) is 36.1. The quantitative estimate of drug-likeness (QED) is 0.0120. The average Bonchev–Trinajstić information content (AvgIpc) is 3.86. The van der Waals surface area contributed by atoms with Crippen molar-refractivity contribution in [3.05, 3.63) is 0 Å². The SMILES string of the molecule is C[C@@H](O)[C@H](NC(=O)[C@@H]1CCCN1C(=O)[C@H](CS)NC(=O)CN)C(=O)N[C@@H](CCC(=O)O)C(=O)N[C@@H](CCC(=O)O)C(=O)NCC(=O)N[C@@H](CS)C(=O)NCC(=O)N[C@@H](CCC(=O)O)C(=O)N[C@@H](CCCN=C(N)N)C(=O)O. The normalized spacial score (nSPS) is 15.9. The molecular formula is C42H68N14O19S2. The molecule has 1 aliphatic rings. The Hall–Kier alpha value is -7.53. The molecule has 1 fully saturated rings. The van der Waals surface area contributed by atoms with Crippen molar-refractivity contribution < 1.29 is 92.7 Å². The molecule has 1 saturated heterocycles. The number of aliphatic hydroxyl groups is 1. The number of carboxylic acids is 4. The largest absolute Gasteiger partial charge is 0.481 e. The molecule has 0 unspecified atom stereocenters. The molecule has 20 N–H and O–H groups in total. The highest BCUT2D eigenvalue weighted by molar-refractivity contribution is 7.80. The molecule has 1 heterocycles. The molecule has 1 rings (SSSR count). The number of nitrogens with one attached hydrogen (secondary N) is 9. The number of carbonyl (C=O) groups is 14. The number of aliphatic hydroxyl groups excluding tert-OH is 1. The monoisotopic (exact) mass is 1140 g/mol. The van der Waals surface area contributed by atoms with Crippen LogP contribution in [0.5, 0.6) is 0 Å². The smallest absolute Gasteiger partial charge is 0.326 e. The molecule has 0 aromatic carbocycles. The number of aliphatic imine (C=N–C) groups is 1. The Bertz CT molecular complexity index is 2190. The first-order valence-electron chi connectivity index (χ1n) is 23.6. The fraction of sp³-hybridized carbons (Fsp3) is 0.643. The van der Waals surface area contributed by atoms with Crippen molar-refractivity contribution in [3.8, 4) is 0 Å². The van der Waals surface area contributed by atoms with Crippen molar-refractivity contribution >= 4 is 114 Å². The lowest BCUT2D eigenvalue weighted by atomic mass is 10.1. The van der Waals surface area contributed by atoms with E-state index in [0.29, 0.717) is 6.42 Å². The average molecular weight is 1140 g/mol. The summed E-state index contributed by atoms with van der Waals surface area (Å²) in [4.78, 5) is 182. The van der Waals surface area contributed by atoms with E-state index in [2.05, 4.69) is 78.1 Å². The number of thiol groups is 2. The van der Waals surface area contributed by atoms with Crippen LogP contribution >= 0.6 is 25.3 Å². The van der Waals surface area contributed by atoms with Gasteiger partial charge in [-0.3, -0.25) is 67.3 Å². The molecule has 0 bridgehead atoms. The summed E-state index contributed by atoms with van der Waals surface area (Å²) in [5.41, 5.74) is 15.8. The fourth-order valence-electron chi connectivity index (χ4n) is 7.04. The highest BCUT2D eigenvalue weighted by atomic mass is 32.1. The van der Waals surface area contributed by atoms with Crippen molar-refractivity contribution in [2.75, 3.05) is 44.2 Å². The Kier molecular flexibility index (Phi) is 30.6. The highest BCUT2D eigenvalue weighted by Crippen LogP contribution is 2.20. The van der Waals surface area contributed by atoms with Crippen LogP contribution in [0, 0.1) is 0 Å². The third kappa shape index (κ3) is 25.7. The lowest BCUT2D eigenvalue weighted by Crippen LogP contribution is -2.61. The zero-order chi connectivity index (χ0) is 58.5. The van der Waals surface area contributed by atoms with Gasteiger partial charge < -0.3 is 95.5 Å². The van der Waals surface area contributed by atoms with Crippen LogP contribution in [0.3, 0.4) is 0 Å². The van der Waals surface area contributed by atoms with E-state index in [9.17, 15) is 87.5 Å². The van der Waals surface area contributed by atoms with Gasteiger partial charge in [-0.05, 0) is 51.9 Å². The van der Waals surface area contributed by atoms with Gasteiger partial charge in [0.05, 0.1) is 25.7 Å². The Labute approximate surface area is 450 Å². The number of aliphatic carboxylic acids is 4. The zero-order valence-corrected chi connectivity index (χ0v) is 43.5. The molecule has 0 saturated carbocycles. The lowest BCUT2D eigenvalue weighted by Gasteiger charge is -2.30. The van der Waals surface area contributed by atoms with Crippen LogP contribution < -0.4 is 65.1 Å². The minimum absolute atomic E-state index is 0.0249. The van der Waals surface area contributed by atoms with Gasteiger partial charge >= 0.3 is 23.9 Å². The summed E-state index contributed by atoms with van der Waals surface area (Å²) in [6.45, 7) is -1.04. The number of carbonyl (C=O) groups excluding carboxylic acids is 10. The maximum atomic E-state index is 13.7. The van der Waals surface area contributed by atoms with Gasteiger partial charge in [0.15, 0.2) is 5.96 Å². The van der Waals surface area contributed by atoms with Crippen LogP contribution in [0.1, 0.15) is 71.1 Å². The molecule has 1 aliphatic heterocycles. The van der Waals surface area contributed by atoms with E-state index in [1.165, 1.54) is 0 Å². The number of carboxylic acid groups (broad SMARTS) is 4. The van der Waals surface area contributed by atoms with Crippen LogP contribution in [0.4, 0.5) is 0 Å². The zero-order valence-electron chi connectivity index (χ0n) is 41.7. The van der Waals surface area contributed by atoms with Gasteiger partial charge in [0, 0.05) is 43.9 Å².